The highest BCUT2D eigenvalue weighted by molar-refractivity contribution is 5.71. The second-order valence-electron chi connectivity index (χ2n) is 21.3. The Bertz CT molecular complexity index is 1010. The van der Waals surface area contributed by atoms with Gasteiger partial charge in [0, 0.05) is 19.3 Å². The van der Waals surface area contributed by atoms with Crippen molar-refractivity contribution >= 4 is 17.9 Å². The first-order chi connectivity index (χ1) is 33.5. The van der Waals surface area contributed by atoms with Gasteiger partial charge in [-0.25, -0.2) is 0 Å². The predicted octanol–water partition coefficient (Wildman–Crippen LogP) is 20.7. The summed E-state index contributed by atoms with van der Waals surface area (Å²) in [5.74, 6) is -0.840. The van der Waals surface area contributed by atoms with Crippen LogP contribution in [0.1, 0.15) is 361 Å². The molecule has 404 valence electrons. The Kier molecular flexibility index (Phi) is 56.6. The molecule has 6 nitrogen and oxygen atoms in total. The molecule has 0 heterocycles. The molecule has 0 aliphatic rings. The molecule has 68 heavy (non-hydrogen) atoms. The Labute approximate surface area is 425 Å². The second kappa shape index (κ2) is 58.0. The lowest BCUT2D eigenvalue weighted by Gasteiger charge is -2.18. The van der Waals surface area contributed by atoms with Gasteiger partial charge in [-0.3, -0.25) is 14.4 Å². The Hall–Kier alpha value is -1.59. The van der Waals surface area contributed by atoms with Crippen LogP contribution >= 0.6 is 0 Å². The van der Waals surface area contributed by atoms with Crippen LogP contribution in [0.15, 0.2) is 0 Å². The SMILES string of the molecule is CCCCCCCCCCCCCCCCCCCCCCCCCCCCC(=O)OCC(COC(=O)CCCCCCCCC)OC(=O)CCCCCCCCCCCCCCCCCCC. The maximum atomic E-state index is 12.8. The largest absolute Gasteiger partial charge is 0.462 e. The zero-order chi connectivity index (χ0) is 49.3. The Morgan fingerprint density at radius 1 is 0.235 bits per heavy atom. The molecule has 0 bridgehead atoms. The van der Waals surface area contributed by atoms with E-state index in [4.69, 9.17) is 14.2 Å². The van der Waals surface area contributed by atoms with Crippen LogP contribution in [0.25, 0.3) is 0 Å². The van der Waals surface area contributed by atoms with Gasteiger partial charge >= 0.3 is 17.9 Å². The van der Waals surface area contributed by atoms with Crippen LogP contribution < -0.4 is 0 Å². The maximum absolute atomic E-state index is 12.8. The molecule has 0 aromatic carbocycles. The smallest absolute Gasteiger partial charge is 0.306 e. The summed E-state index contributed by atoms with van der Waals surface area (Å²) in [4.78, 5) is 38.0. The Morgan fingerprint density at radius 3 is 0.588 bits per heavy atom. The normalized spacial score (nSPS) is 11.9. The van der Waals surface area contributed by atoms with E-state index < -0.39 is 6.10 Å². The number of esters is 3. The zero-order valence-corrected chi connectivity index (χ0v) is 46.4. The number of ether oxygens (including phenoxy) is 3. The van der Waals surface area contributed by atoms with Crippen molar-refractivity contribution in [3.8, 4) is 0 Å². The summed E-state index contributed by atoms with van der Waals surface area (Å²) in [6.07, 6.45) is 65.7. The Morgan fingerprint density at radius 2 is 0.397 bits per heavy atom. The molecule has 0 spiro atoms. The molecule has 6 heteroatoms. The summed E-state index contributed by atoms with van der Waals surface area (Å²) in [6.45, 7) is 6.67. The lowest BCUT2D eigenvalue weighted by molar-refractivity contribution is -0.167. The van der Waals surface area contributed by atoms with Gasteiger partial charge in [0.15, 0.2) is 6.10 Å². The number of rotatable bonds is 58. The van der Waals surface area contributed by atoms with Crippen LogP contribution in [-0.2, 0) is 28.6 Å². The third-order valence-corrected chi connectivity index (χ3v) is 14.4. The summed E-state index contributed by atoms with van der Waals surface area (Å²) < 4.78 is 16.8. The predicted molar refractivity (Wildman–Crippen MR) is 294 cm³/mol. The molecular formula is C62H120O6. The van der Waals surface area contributed by atoms with Crippen LogP contribution in [0.2, 0.25) is 0 Å². The summed E-state index contributed by atoms with van der Waals surface area (Å²) in [5, 5.41) is 0. The molecule has 0 aliphatic carbocycles. The number of hydrogen-bond donors (Lipinski definition) is 0. The molecule has 0 amide bonds. The highest BCUT2D eigenvalue weighted by Gasteiger charge is 2.19. The number of hydrogen-bond acceptors (Lipinski definition) is 6. The molecule has 0 aromatic heterocycles. The van der Waals surface area contributed by atoms with E-state index in [2.05, 4.69) is 20.8 Å². The Balaban J connectivity index is 4.03. The van der Waals surface area contributed by atoms with Gasteiger partial charge in [0.05, 0.1) is 0 Å². The standard InChI is InChI=1S/C62H120O6/c1-4-7-10-13-16-18-20-22-24-26-27-28-29-30-31-32-33-34-36-37-39-41-43-46-49-52-55-61(64)67-58-59(57-66-60(63)54-51-48-45-15-12-9-6-3)68-62(65)56-53-50-47-44-42-40-38-35-25-23-21-19-17-14-11-8-5-2/h59H,4-58H2,1-3H3. The zero-order valence-electron chi connectivity index (χ0n) is 46.4. The quantitative estimate of drug-likeness (QED) is 0.0343. The van der Waals surface area contributed by atoms with E-state index in [1.54, 1.807) is 0 Å². The van der Waals surface area contributed by atoms with Crippen molar-refractivity contribution < 1.29 is 28.6 Å². The van der Waals surface area contributed by atoms with Crippen LogP contribution in [0.4, 0.5) is 0 Å². The summed E-state index contributed by atoms with van der Waals surface area (Å²) >= 11 is 0. The molecule has 1 atom stereocenters. The van der Waals surface area contributed by atoms with E-state index in [0.29, 0.717) is 19.3 Å². The highest BCUT2D eigenvalue weighted by Crippen LogP contribution is 2.18. The molecule has 1 unspecified atom stereocenters. The number of carbonyl (C=O) groups is 3. The van der Waals surface area contributed by atoms with Crippen molar-refractivity contribution in [1.82, 2.24) is 0 Å². The van der Waals surface area contributed by atoms with Crippen molar-refractivity contribution in [3.63, 3.8) is 0 Å². The fourth-order valence-electron chi connectivity index (χ4n) is 9.68. The van der Waals surface area contributed by atoms with Crippen molar-refractivity contribution in [2.75, 3.05) is 13.2 Å². The summed E-state index contributed by atoms with van der Waals surface area (Å²) in [7, 11) is 0. The van der Waals surface area contributed by atoms with Gasteiger partial charge in [-0.1, -0.05) is 323 Å². The number of carbonyl (C=O) groups excluding carboxylic acids is 3. The minimum Gasteiger partial charge on any atom is -0.462 e. The molecule has 0 aromatic rings. The van der Waals surface area contributed by atoms with Crippen molar-refractivity contribution in [2.45, 2.75) is 367 Å². The third kappa shape index (κ3) is 55.3. The van der Waals surface area contributed by atoms with E-state index in [-0.39, 0.29) is 31.1 Å². The lowest BCUT2D eigenvalue weighted by atomic mass is 10.0. The van der Waals surface area contributed by atoms with Gasteiger partial charge in [-0.15, -0.1) is 0 Å². The molecule has 0 saturated heterocycles. The van der Waals surface area contributed by atoms with E-state index in [1.807, 2.05) is 0 Å². The molecule has 0 aliphatic heterocycles. The van der Waals surface area contributed by atoms with Gasteiger partial charge in [0.25, 0.3) is 0 Å². The molecule has 0 saturated carbocycles. The second-order valence-corrected chi connectivity index (χ2v) is 21.3. The fraction of sp³-hybridized carbons (Fsp3) is 0.952. The van der Waals surface area contributed by atoms with E-state index in [9.17, 15) is 14.4 Å². The van der Waals surface area contributed by atoms with Gasteiger partial charge < -0.3 is 14.2 Å². The first kappa shape index (κ1) is 66.4. The minimum atomic E-state index is -0.760. The summed E-state index contributed by atoms with van der Waals surface area (Å²) in [6, 6.07) is 0. The molecular weight excluding hydrogens is 841 g/mol. The lowest BCUT2D eigenvalue weighted by Crippen LogP contribution is -2.30. The minimum absolute atomic E-state index is 0.0617. The molecule has 0 N–H and O–H groups in total. The highest BCUT2D eigenvalue weighted by atomic mass is 16.6. The van der Waals surface area contributed by atoms with Crippen molar-refractivity contribution in [2.24, 2.45) is 0 Å². The van der Waals surface area contributed by atoms with Crippen molar-refractivity contribution in [3.05, 3.63) is 0 Å². The van der Waals surface area contributed by atoms with Gasteiger partial charge in [-0.2, -0.15) is 0 Å². The molecule has 0 rings (SSSR count). The van der Waals surface area contributed by atoms with Crippen LogP contribution in [0.5, 0.6) is 0 Å². The van der Waals surface area contributed by atoms with E-state index >= 15 is 0 Å². The average Bonchev–Trinajstić information content (AvgIpc) is 3.34. The van der Waals surface area contributed by atoms with Gasteiger partial charge in [0.1, 0.15) is 13.2 Å². The first-order valence-corrected chi connectivity index (χ1v) is 31.0. The van der Waals surface area contributed by atoms with Crippen LogP contribution in [-0.4, -0.2) is 37.2 Å². The van der Waals surface area contributed by atoms with Crippen molar-refractivity contribution in [1.29, 1.82) is 0 Å². The topological polar surface area (TPSA) is 78.9 Å². The average molecular weight is 962 g/mol. The maximum Gasteiger partial charge on any atom is 0.306 e. The van der Waals surface area contributed by atoms with Crippen LogP contribution in [0, 0.1) is 0 Å². The van der Waals surface area contributed by atoms with Crippen LogP contribution in [0.3, 0.4) is 0 Å². The van der Waals surface area contributed by atoms with Gasteiger partial charge in [0.2, 0.25) is 0 Å². The monoisotopic (exact) mass is 961 g/mol. The summed E-state index contributed by atoms with van der Waals surface area (Å²) in [5.41, 5.74) is 0. The van der Waals surface area contributed by atoms with E-state index in [1.165, 1.54) is 263 Å². The van der Waals surface area contributed by atoms with E-state index in [0.717, 1.165) is 57.8 Å². The third-order valence-electron chi connectivity index (χ3n) is 14.4. The fourth-order valence-corrected chi connectivity index (χ4v) is 9.68. The first-order valence-electron chi connectivity index (χ1n) is 31.0. The van der Waals surface area contributed by atoms with Gasteiger partial charge in [-0.05, 0) is 19.3 Å². The molecule has 0 fully saturated rings. The molecule has 0 radical (unpaired) electrons. The number of unbranched alkanes of at least 4 members (excludes halogenated alkanes) is 47.